The Balaban J connectivity index is 1.30. The third-order valence-electron chi connectivity index (χ3n) is 7.13. The maximum atomic E-state index is 13.5. The molecule has 7 nitrogen and oxygen atoms in total. The molecule has 1 saturated heterocycles. The lowest BCUT2D eigenvalue weighted by molar-refractivity contribution is -0.120. The number of amides is 3. The molecule has 0 saturated carbocycles. The van der Waals surface area contributed by atoms with E-state index in [0.717, 1.165) is 55.1 Å². The van der Waals surface area contributed by atoms with Gasteiger partial charge in [-0.1, -0.05) is 35.9 Å². The molecular weight excluding hydrogens is 486 g/mol. The summed E-state index contributed by atoms with van der Waals surface area (Å²) in [7, 11) is 2.16. The zero-order chi connectivity index (χ0) is 25.8. The van der Waals surface area contributed by atoms with Crippen LogP contribution in [0.1, 0.15) is 17.5 Å². The molecule has 0 unspecified atom stereocenters. The highest BCUT2D eigenvalue weighted by Crippen LogP contribution is 2.26. The Morgan fingerprint density at radius 1 is 0.811 bits per heavy atom. The first kappa shape index (κ1) is 25.1. The van der Waals surface area contributed by atoms with Crippen LogP contribution in [0.4, 0.5) is 21.9 Å². The molecule has 2 N–H and O–H groups in total. The summed E-state index contributed by atoms with van der Waals surface area (Å²) in [5.41, 5.74) is 4.63. The molecule has 3 amide bonds. The number of anilines is 3. The standard InChI is InChI=1S/C29H32ClN5O2/c1-33-15-4-16-34(18-17-33)26-13-11-24(12-14-26)31-28(36)27-19-21-5-2-3-6-22(21)20-35(27)29(37)32-25-9-7-23(30)8-10-25/h2-3,5-14,27H,4,15-20H2,1H3,(H,31,36)(H,32,37)/t27-/m1/s1. The predicted octanol–water partition coefficient (Wildman–Crippen LogP) is 5.08. The van der Waals surface area contributed by atoms with E-state index in [4.69, 9.17) is 11.6 Å². The number of likely N-dealkylation sites (N-methyl/N-ethyl adjacent to an activating group) is 1. The molecular formula is C29H32ClN5O2. The monoisotopic (exact) mass is 517 g/mol. The zero-order valence-electron chi connectivity index (χ0n) is 21.0. The lowest BCUT2D eigenvalue weighted by Gasteiger charge is -2.36. The molecule has 37 heavy (non-hydrogen) atoms. The molecule has 3 aromatic rings. The summed E-state index contributed by atoms with van der Waals surface area (Å²) < 4.78 is 0. The van der Waals surface area contributed by atoms with Crippen LogP contribution in [0.3, 0.4) is 0 Å². The average molecular weight is 518 g/mol. The van der Waals surface area contributed by atoms with Gasteiger partial charge in [-0.2, -0.15) is 0 Å². The topological polar surface area (TPSA) is 67.9 Å². The van der Waals surface area contributed by atoms with Crippen LogP contribution in [0, 0.1) is 0 Å². The molecule has 2 aliphatic rings. The average Bonchev–Trinajstić information content (AvgIpc) is 3.14. The van der Waals surface area contributed by atoms with Gasteiger partial charge in [0.15, 0.2) is 0 Å². The van der Waals surface area contributed by atoms with Gasteiger partial charge < -0.3 is 25.3 Å². The summed E-state index contributed by atoms with van der Waals surface area (Å²) >= 11 is 5.98. The van der Waals surface area contributed by atoms with Crippen molar-refractivity contribution in [3.63, 3.8) is 0 Å². The van der Waals surface area contributed by atoms with E-state index in [1.54, 1.807) is 29.2 Å². The van der Waals surface area contributed by atoms with Crippen LogP contribution in [-0.2, 0) is 17.8 Å². The maximum absolute atomic E-state index is 13.5. The van der Waals surface area contributed by atoms with E-state index >= 15 is 0 Å². The van der Waals surface area contributed by atoms with E-state index in [1.807, 2.05) is 36.4 Å². The number of nitrogens with one attached hydrogen (secondary N) is 2. The van der Waals surface area contributed by atoms with Crippen molar-refractivity contribution >= 4 is 40.6 Å². The van der Waals surface area contributed by atoms with E-state index in [-0.39, 0.29) is 11.9 Å². The fraction of sp³-hybridized carbons (Fsp3) is 0.310. The van der Waals surface area contributed by atoms with Crippen molar-refractivity contribution in [1.29, 1.82) is 0 Å². The van der Waals surface area contributed by atoms with Crippen LogP contribution in [-0.4, -0.2) is 61.0 Å². The van der Waals surface area contributed by atoms with Gasteiger partial charge in [0.1, 0.15) is 6.04 Å². The number of nitrogens with zero attached hydrogens (tertiary/aromatic N) is 3. The number of halogens is 1. The van der Waals surface area contributed by atoms with Crippen molar-refractivity contribution in [1.82, 2.24) is 9.80 Å². The Bertz CT molecular complexity index is 1250. The third-order valence-corrected chi connectivity index (χ3v) is 7.38. The van der Waals surface area contributed by atoms with Gasteiger partial charge in [-0.15, -0.1) is 0 Å². The normalized spacial score (nSPS) is 18.1. The number of fused-ring (bicyclic) bond motifs is 1. The van der Waals surface area contributed by atoms with Gasteiger partial charge in [0, 0.05) is 54.7 Å². The predicted molar refractivity (Wildman–Crippen MR) is 149 cm³/mol. The summed E-state index contributed by atoms with van der Waals surface area (Å²) in [5, 5.41) is 6.55. The molecule has 2 aliphatic heterocycles. The third kappa shape index (κ3) is 6.06. The second-order valence-electron chi connectivity index (χ2n) is 9.73. The van der Waals surface area contributed by atoms with E-state index in [9.17, 15) is 9.59 Å². The van der Waals surface area contributed by atoms with Gasteiger partial charge in [0.05, 0.1) is 0 Å². The summed E-state index contributed by atoms with van der Waals surface area (Å²) in [6.45, 7) is 4.51. The zero-order valence-corrected chi connectivity index (χ0v) is 21.7. The lowest BCUT2D eigenvalue weighted by Crippen LogP contribution is -2.52. The summed E-state index contributed by atoms with van der Waals surface area (Å²) in [5.74, 6) is -0.204. The molecule has 0 aliphatic carbocycles. The van der Waals surface area contributed by atoms with Gasteiger partial charge in [-0.3, -0.25) is 4.79 Å². The lowest BCUT2D eigenvalue weighted by atomic mass is 9.93. The molecule has 3 aromatic carbocycles. The van der Waals surface area contributed by atoms with Crippen molar-refractivity contribution in [2.24, 2.45) is 0 Å². The summed E-state index contributed by atoms with van der Waals surface area (Å²) in [4.78, 5) is 33.1. The van der Waals surface area contributed by atoms with Crippen molar-refractivity contribution in [2.75, 3.05) is 48.8 Å². The second-order valence-corrected chi connectivity index (χ2v) is 10.2. The van der Waals surface area contributed by atoms with Crippen LogP contribution in [0.2, 0.25) is 5.02 Å². The number of rotatable bonds is 4. The first-order chi connectivity index (χ1) is 18.0. The molecule has 5 rings (SSSR count). The van der Waals surface area contributed by atoms with Gasteiger partial charge in [0.2, 0.25) is 5.91 Å². The highest BCUT2D eigenvalue weighted by atomic mass is 35.5. The van der Waals surface area contributed by atoms with Crippen molar-refractivity contribution < 1.29 is 9.59 Å². The Kier molecular flexibility index (Phi) is 7.63. The molecule has 8 heteroatoms. The summed E-state index contributed by atoms with van der Waals surface area (Å²) in [6, 6.07) is 21.9. The van der Waals surface area contributed by atoms with Crippen molar-refractivity contribution in [3.8, 4) is 0 Å². The highest BCUT2D eigenvalue weighted by Gasteiger charge is 2.34. The smallest absolute Gasteiger partial charge is 0.322 e. The number of hydrogen-bond donors (Lipinski definition) is 2. The molecule has 0 aromatic heterocycles. The Labute approximate surface area is 223 Å². The first-order valence-electron chi connectivity index (χ1n) is 12.7. The first-order valence-corrected chi connectivity index (χ1v) is 13.1. The molecule has 0 spiro atoms. The maximum Gasteiger partial charge on any atom is 0.322 e. The minimum absolute atomic E-state index is 0.204. The minimum atomic E-state index is -0.636. The van der Waals surface area contributed by atoms with Crippen molar-refractivity contribution in [3.05, 3.63) is 88.9 Å². The number of carbonyl (C=O) groups is 2. The molecule has 2 heterocycles. The van der Waals surface area contributed by atoms with Gasteiger partial charge in [-0.25, -0.2) is 4.79 Å². The fourth-order valence-corrected chi connectivity index (χ4v) is 5.11. The number of urea groups is 1. The summed E-state index contributed by atoms with van der Waals surface area (Å²) in [6.07, 6.45) is 1.58. The molecule has 0 bridgehead atoms. The second kappa shape index (κ2) is 11.2. The van der Waals surface area contributed by atoms with Gasteiger partial charge >= 0.3 is 6.03 Å². The van der Waals surface area contributed by atoms with Crippen LogP contribution >= 0.6 is 11.6 Å². The Hall–Kier alpha value is -3.55. The van der Waals surface area contributed by atoms with Crippen molar-refractivity contribution in [2.45, 2.75) is 25.4 Å². The highest BCUT2D eigenvalue weighted by molar-refractivity contribution is 6.30. The Morgan fingerprint density at radius 2 is 1.49 bits per heavy atom. The Morgan fingerprint density at radius 3 is 2.24 bits per heavy atom. The van der Waals surface area contributed by atoms with Crippen LogP contribution in [0.25, 0.3) is 0 Å². The number of benzene rings is 3. The van der Waals surface area contributed by atoms with E-state index in [2.05, 4.69) is 39.6 Å². The molecule has 192 valence electrons. The number of hydrogen-bond acceptors (Lipinski definition) is 4. The quantitative estimate of drug-likeness (QED) is 0.506. The largest absolute Gasteiger partial charge is 0.370 e. The SMILES string of the molecule is CN1CCCN(c2ccc(NC(=O)[C@H]3Cc4ccccc4CN3C(=O)Nc3ccc(Cl)cc3)cc2)CC1. The van der Waals surface area contributed by atoms with E-state index in [1.165, 1.54) is 0 Å². The molecule has 1 fully saturated rings. The molecule has 1 atom stereocenters. The fourth-order valence-electron chi connectivity index (χ4n) is 4.99. The van der Waals surface area contributed by atoms with Crippen LogP contribution in [0.5, 0.6) is 0 Å². The van der Waals surface area contributed by atoms with E-state index < -0.39 is 6.04 Å². The van der Waals surface area contributed by atoms with E-state index in [0.29, 0.717) is 23.7 Å². The van der Waals surface area contributed by atoms with Crippen LogP contribution < -0.4 is 15.5 Å². The van der Waals surface area contributed by atoms with Gasteiger partial charge in [-0.05, 0) is 79.7 Å². The molecule has 0 radical (unpaired) electrons. The number of carbonyl (C=O) groups excluding carboxylic acids is 2. The van der Waals surface area contributed by atoms with Gasteiger partial charge in [0.25, 0.3) is 0 Å². The minimum Gasteiger partial charge on any atom is -0.370 e. The van der Waals surface area contributed by atoms with Crippen LogP contribution in [0.15, 0.2) is 72.8 Å².